The number of rotatable bonds is 3. The summed E-state index contributed by atoms with van der Waals surface area (Å²) in [6, 6.07) is 0.132. The average Bonchev–Trinajstić information content (AvgIpc) is 2.83. The molecule has 0 saturated carbocycles. The molecule has 16 heavy (non-hydrogen) atoms. The molecule has 0 bridgehead atoms. The molecule has 1 aromatic heterocycles. The molecule has 5 heteroatoms. The molecular weight excluding hydrogens is 209 g/mol. The minimum atomic E-state index is -1.36. The molecule has 1 aliphatic heterocycles. The van der Waals surface area contributed by atoms with Crippen molar-refractivity contribution in [3.05, 3.63) is 11.9 Å². The van der Waals surface area contributed by atoms with Gasteiger partial charge in [-0.15, -0.1) is 0 Å². The molecule has 1 atom stereocenters. The van der Waals surface area contributed by atoms with Crippen molar-refractivity contribution in [1.82, 2.24) is 15.1 Å². The monoisotopic (exact) mass is 227 g/mol. The Morgan fingerprint density at radius 3 is 2.88 bits per heavy atom. The zero-order valence-corrected chi connectivity index (χ0v) is 9.96. The Labute approximate surface area is 94.8 Å². The van der Waals surface area contributed by atoms with Gasteiger partial charge in [-0.05, 0) is 20.4 Å². The first-order valence-corrected chi connectivity index (χ1v) is 5.60. The predicted molar refractivity (Wildman–Crippen MR) is 59.4 cm³/mol. The summed E-state index contributed by atoms with van der Waals surface area (Å²) in [6.07, 6.45) is 2.07. The average molecular weight is 227 g/mol. The van der Waals surface area contributed by atoms with E-state index in [9.17, 15) is 4.39 Å². The third-order valence-corrected chi connectivity index (χ3v) is 3.00. The van der Waals surface area contributed by atoms with E-state index in [1.54, 1.807) is 18.0 Å². The normalized spacial score (nSPS) is 25.3. The molecule has 0 amide bonds. The van der Waals surface area contributed by atoms with Gasteiger partial charge in [0.1, 0.15) is 5.69 Å². The Balaban J connectivity index is 2.47. The fourth-order valence-corrected chi connectivity index (χ4v) is 2.18. The number of methoxy groups -OCH3 is 1. The van der Waals surface area contributed by atoms with Crippen LogP contribution in [0.3, 0.4) is 0 Å². The number of ether oxygens (including phenoxy) is 1. The van der Waals surface area contributed by atoms with Crippen LogP contribution in [0.5, 0.6) is 5.75 Å². The molecule has 2 rings (SSSR count). The van der Waals surface area contributed by atoms with E-state index in [1.165, 1.54) is 0 Å². The first kappa shape index (κ1) is 11.4. The fourth-order valence-electron chi connectivity index (χ4n) is 2.18. The quantitative estimate of drug-likeness (QED) is 0.853. The molecule has 1 unspecified atom stereocenters. The summed E-state index contributed by atoms with van der Waals surface area (Å²) in [6.45, 7) is 5.01. The van der Waals surface area contributed by atoms with Gasteiger partial charge >= 0.3 is 0 Å². The summed E-state index contributed by atoms with van der Waals surface area (Å²) < 4.78 is 21.7. The Morgan fingerprint density at radius 1 is 1.62 bits per heavy atom. The van der Waals surface area contributed by atoms with Gasteiger partial charge in [-0.2, -0.15) is 5.10 Å². The molecule has 1 aliphatic rings. The zero-order valence-electron chi connectivity index (χ0n) is 9.96. The van der Waals surface area contributed by atoms with Crippen LogP contribution in [0.1, 0.15) is 32.0 Å². The standard InChI is InChI=1S/C11H18FN3O/c1-8(2)15-10(9(16-3)6-14-15)11(12)4-5-13-7-11/h6,8,13H,4-5,7H2,1-3H3. The van der Waals surface area contributed by atoms with Gasteiger partial charge in [0.15, 0.2) is 11.4 Å². The Hall–Kier alpha value is -1.10. The number of hydrogen-bond donors (Lipinski definition) is 1. The predicted octanol–water partition coefficient (Wildman–Crippen LogP) is 1.63. The number of alkyl halides is 1. The summed E-state index contributed by atoms with van der Waals surface area (Å²) in [5.41, 5.74) is -0.790. The third-order valence-electron chi connectivity index (χ3n) is 3.00. The van der Waals surface area contributed by atoms with E-state index in [1.807, 2.05) is 13.8 Å². The van der Waals surface area contributed by atoms with Crippen molar-refractivity contribution in [2.24, 2.45) is 0 Å². The smallest absolute Gasteiger partial charge is 0.169 e. The number of hydrogen-bond acceptors (Lipinski definition) is 3. The molecule has 1 N–H and O–H groups in total. The Bertz CT molecular complexity index is 369. The van der Waals surface area contributed by atoms with E-state index in [-0.39, 0.29) is 6.04 Å². The van der Waals surface area contributed by atoms with E-state index >= 15 is 0 Å². The highest BCUT2D eigenvalue weighted by Crippen LogP contribution is 2.39. The maximum absolute atomic E-state index is 14.7. The van der Waals surface area contributed by atoms with Crippen LogP contribution < -0.4 is 10.1 Å². The first-order valence-electron chi connectivity index (χ1n) is 5.60. The maximum Gasteiger partial charge on any atom is 0.169 e. The molecule has 1 saturated heterocycles. The number of halogens is 1. The van der Waals surface area contributed by atoms with Gasteiger partial charge in [0, 0.05) is 19.0 Å². The van der Waals surface area contributed by atoms with Crippen molar-refractivity contribution >= 4 is 0 Å². The highest BCUT2D eigenvalue weighted by molar-refractivity contribution is 5.32. The molecule has 90 valence electrons. The van der Waals surface area contributed by atoms with Crippen LogP contribution in [-0.2, 0) is 5.67 Å². The van der Waals surface area contributed by atoms with Crippen molar-refractivity contribution < 1.29 is 9.13 Å². The molecule has 2 heterocycles. The third kappa shape index (κ3) is 1.69. The number of nitrogens with one attached hydrogen (secondary N) is 1. The maximum atomic E-state index is 14.7. The molecule has 0 aromatic carbocycles. The van der Waals surface area contributed by atoms with Crippen LogP contribution in [0.15, 0.2) is 6.20 Å². The summed E-state index contributed by atoms with van der Waals surface area (Å²) in [5.74, 6) is 0.542. The lowest BCUT2D eigenvalue weighted by Crippen LogP contribution is -2.28. The van der Waals surface area contributed by atoms with Crippen molar-refractivity contribution in [3.8, 4) is 5.75 Å². The SMILES string of the molecule is COc1cnn(C(C)C)c1C1(F)CCNC1. The van der Waals surface area contributed by atoms with Crippen LogP contribution in [-0.4, -0.2) is 30.0 Å². The molecule has 1 fully saturated rings. The van der Waals surface area contributed by atoms with Gasteiger partial charge < -0.3 is 10.1 Å². The Kier molecular flexibility index (Phi) is 2.88. The van der Waals surface area contributed by atoms with Crippen LogP contribution in [0.2, 0.25) is 0 Å². The zero-order chi connectivity index (χ0) is 11.8. The number of aromatic nitrogens is 2. The topological polar surface area (TPSA) is 39.1 Å². The van der Waals surface area contributed by atoms with Gasteiger partial charge in [0.05, 0.1) is 13.3 Å². The van der Waals surface area contributed by atoms with Gasteiger partial charge in [0.2, 0.25) is 0 Å². The molecule has 0 spiro atoms. The van der Waals surface area contributed by atoms with E-state index in [0.29, 0.717) is 31.0 Å². The summed E-state index contributed by atoms with van der Waals surface area (Å²) in [5, 5.41) is 7.25. The van der Waals surface area contributed by atoms with Crippen LogP contribution in [0, 0.1) is 0 Å². The van der Waals surface area contributed by atoms with E-state index in [0.717, 1.165) is 0 Å². The van der Waals surface area contributed by atoms with E-state index in [4.69, 9.17) is 4.74 Å². The highest BCUT2D eigenvalue weighted by atomic mass is 19.1. The largest absolute Gasteiger partial charge is 0.493 e. The fraction of sp³-hybridized carbons (Fsp3) is 0.727. The number of nitrogens with zero attached hydrogens (tertiary/aromatic N) is 2. The Morgan fingerprint density at radius 2 is 2.38 bits per heavy atom. The van der Waals surface area contributed by atoms with E-state index < -0.39 is 5.67 Å². The summed E-state index contributed by atoms with van der Waals surface area (Å²) in [4.78, 5) is 0. The van der Waals surface area contributed by atoms with Crippen LogP contribution in [0.25, 0.3) is 0 Å². The minimum Gasteiger partial charge on any atom is -0.493 e. The molecule has 0 radical (unpaired) electrons. The highest BCUT2D eigenvalue weighted by Gasteiger charge is 2.41. The van der Waals surface area contributed by atoms with Gasteiger partial charge in [-0.25, -0.2) is 4.39 Å². The first-order chi connectivity index (χ1) is 7.58. The van der Waals surface area contributed by atoms with Crippen molar-refractivity contribution in [1.29, 1.82) is 0 Å². The lowest BCUT2D eigenvalue weighted by Gasteiger charge is -2.22. The molecular formula is C11H18FN3O. The molecule has 4 nitrogen and oxygen atoms in total. The second-order valence-corrected chi connectivity index (χ2v) is 4.49. The lowest BCUT2D eigenvalue weighted by atomic mass is 10.00. The van der Waals surface area contributed by atoms with Crippen molar-refractivity contribution in [2.75, 3.05) is 20.2 Å². The van der Waals surface area contributed by atoms with Crippen molar-refractivity contribution in [2.45, 2.75) is 32.0 Å². The summed E-state index contributed by atoms with van der Waals surface area (Å²) >= 11 is 0. The molecule has 1 aromatic rings. The van der Waals surface area contributed by atoms with Crippen LogP contribution >= 0.6 is 0 Å². The van der Waals surface area contributed by atoms with Gasteiger partial charge in [0.25, 0.3) is 0 Å². The van der Waals surface area contributed by atoms with Gasteiger partial charge in [-0.3, -0.25) is 4.68 Å². The van der Waals surface area contributed by atoms with Crippen LogP contribution in [0.4, 0.5) is 4.39 Å². The van der Waals surface area contributed by atoms with E-state index in [2.05, 4.69) is 10.4 Å². The lowest BCUT2D eigenvalue weighted by molar-refractivity contribution is 0.168. The molecule has 0 aliphatic carbocycles. The second-order valence-electron chi connectivity index (χ2n) is 4.49. The van der Waals surface area contributed by atoms with Crippen molar-refractivity contribution in [3.63, 3.8) is 0 Å². The van der Waals surface area contributed by atoms with Gasteiger partial charge in [-0.1, -0.05) is 0 Å². The summed E-state index contributed by atoms with van der Waals surface area (Å²) in [7, 11) is 1.55. The second kappa shape index (κ2) is 4.05. The minimum absolute atomic E-state index is 0.132.